The van der Waals surface area contributed by atoms with Crippen molar-refractivity contribution in [1.82, 2.24) is 9.21 Å². The summed E-state index contributed by atoms with van der Waals surface area (Å²) in [6.07, 6.45) is 0. The van der Waals surface area contributed by atoms with Crippen LogP contribution in [0.15, 0.2) is 71.6 Å². The molecule has 3 aromatic carbocycles. The Bertz CT molecular complexity index is 1120. The van der Waals surface area contributed by atoms with Crippen LogP contribution in [0.3, 0.4) is 0 Å². The van der Waals surface area contributed by atoms with E-state index < -0.39 is 10.0 Å². The van der Waals surface area contributed by atoms with Gasteiger partial charge in [-0.1, -0.05) is 56.3 Å². The van der Waals surface area contributed by atoms with Gasteiger partial charge in [0.15, 0.2) is 0 Å². The van der Waals surface area contributed by atoms with Gasteiger partial charge in [0, 0.05) is 32.2 Å². The summed E-state index contributed by atoms with van der Waals surface area (Å²) < 4.78 is 26.9. The second-order valence-corrected chi connectivity index (χ2v) is 8.90. The number of sulfonamides is 1. The molecular weight excluding hydrogens is 384 g/mol. The molecule has 0 spiro atoms. The lowest BCUT2D eigenvalue weighted by Gasteiger charge is -2.20. The quantitative estimate of drug-likeness (QED) is 0.588. The molecular formula is C23H26N2O3S. The Balaban J connectivity index is 1.82. The van der Waals surface area contributed by atoms with Crippen molar-refractivity contribution in [3.8, 4) is 0 Å². The smallest absolute Gasteiger partial charge is 0.253 e. The number of amides is 1. The van der Waals surface area contributed by atoms with Crippen LogP contribution in [0, 0.1) is 0 Å². The van der Waals surface area contributed by atoms with Crippen LogP contribution in [0.25, 0.3) is 10.8 Å². The maximum atomic E-state index is 12.9. The highest BCUT2D eigenvalue weighted by Crippen LogP contribution is 2.20. The zero-order valence-corrected chi connectivity index (χ0v) is 17.8. The predicted octanol–water partition coefficient (Wildman–Crippen LogP) is 4.14. The highest BCUT2D eigenvalue weighted by atomic mass is 32.2. The Kier molecular flexibility index (Phi) is 6.35. The molecule has 152 valence electrons. The molecule has 0 aliphatic rings. The van der Waals surface area contributed by atoms with Crippen LogP contribution >= 0.6 is 0 Å². The number of benzene rings is 3. The van der Waals surface area contributed by atoms with Gasteiger partial charge >= 0.3 is 0 Å². The van der Waals surface area contributed by atoms with E-state index in [9.17, 15) is 13.2 Å². The lowest BCUT2D eigenvalue weighted by atomic mass is 10.1. The van der Waals surface area contributed by atoms with Gasteiger partial charge in [-0.2, -0.15) is 4.31 Å². The van der Waals surface area contributed by atoms with Gasteiger partial charge in [-0.15, -0.1) is 0 Å². The Morgan fingerprint density at radius 2 is 1.55 bits per heavy atom. The van der Waals surface area contributed by atoms with Crippen LogP contribution in [-0.2, 0) is 16.6 Å². The van der Waals surface area contributed by atoms with Gasteiger partial charge in [0.2, 0.25) is 10.0 Å². The largest absolute Gasteiger partial charge is 0.337 e. The van der Waals surface area contributed by atoms with Crippen LogP contribution in [-0.4, -0.2) is 43.7 Å². The van der Waals surface area contributed by atoms with Gasteiger partial charge in [0.05, 0.1) is 4.90 Å². The number of carbonyl (C=O) groups is 1. The lowest BCUT2D eigenvalue weighted by molar-refractivity contribution is 0.0785. The first-order chi connectivity index (χ1) is 13.9. The third-order valence-electron chi connectivity index (χ3n) is 5.00. The van der Waals surface area contributed by atoms with Crippen LogP contribution < -0.4 is 0 Å². The standard InChI is InChI=1S/C23H26N2O3S/c1-4-25(5-2)29(27,28)22-12-8-11-21(16-22)23(26)24(3)17-18-13-14-19-9-6-7-10-20(19)15-18/h6-16H,4-5,17H2,1-3H3. The van der Waals surface area contributed by atoms with Crippen molar-refractivity contribution in [1.29, 1.82) is 0 Å². The summed E-state index contributed by atoms with van der Waals surface area (Å²) in [5.41, 5.74) is 1.38. The average molecular weight is 411 g/mol. The highest BCUT2D eigenvalue weighted by molar-refractivity contribution is 7.89. The third-order valence-corrected chi connectivity index (χ3v) is 7.05. The number of hydrogen-bond acceptors (Lipinski definition) is 3. The van der Waals surface area contributed by atoms with Crippen LogP contribution in [0.5, 0.6) is 0 Å². The van der Waals surface area contributed by atoms with E-state index >= 15 is 0 Å². The zero-order chi connectivity index (χ0) is 21.0. The van der Waals surface area contributed by atoms with Crippen molar-refractivity contribution < 1.29 is 13.2 Å². The molecule has 0 saturated heterocycles. The molecule has 0 heterocycles. The van der Waals surface area contributed by atoms with Crippen molar-refractivity contribution in [2.24, 2.45) is 0 Å². The van der Waals surface area contributed by atoms with Crippen LogP contribution in [0.1, 0.15) is 29.8 Å². The molecule has 3 rings (SSSR count). The van der Waals surface area contributed by atoms with Crippen molar-refractivity contribution in [2.45, 2.75) is 25.3 Å². The van der Waals surface area contributed by atoms with E-state index in [2.05, 4.69) is 12.1 Å². The number of nitrogens with zero attached hydrogens (tertiary/aromatic N) is 2. The van der Waals surface area contributed by atoms with E-state index in [-0.39, 0.29) is 10.8 Å². The minimum Gasteiger partial charge on any atom is -0.337 e. The summed E-state index contributed by atoms with van der Waals surface area (Å²) in [6, 6.07) is 20.5. The molecule has 5 nitrogen and oxygen atoms in total. The molecule has 3 aromatic rings. The topological polar surface area (TPSA) is 57.7 Å². The Hall–Kier alpha value is -2.70. The van der Waals surface area contributed by atoms with E-state index in [0.717, 1.165) is 16.3 Å². The third kappa shape index (κ3) is 4.49. The molecule has 0 radical (unpaired) electrons. The first-order valence-electron chi connectivity index (χ1n) is 9.70. The minimum atomic E-state index is -3.60. The molecule has 0 aliphatic heterocycles. The van der Waals surface area contributed by atoms with Gasteiger partial charge in [-0.25, -0.2) is 8.42 Å². The Morgan fingerprint density at radius 1 is 0.862 bits per heavy atom. The molecule has 0 fully saturated rings. The molecule has 0 saturated carbocycles. The van der Waals surface area contributed by atoms with Gasteiger partial charge < -0.3 is 4.90 Å². The van der Waals surface area contributed by atoms with Gasteiger partial charge in [-0.3, -0.25) is 4.79 Å². The van der Waals surface area contributed by atoms with Gasteiger partial charge in [-0.05, 0) is 40.6 Å². The summed E-state index contributed by atoms with van der Waals surface area (Å²) in [4.78, 5) is 14.7. The van der Waals surface area contributed by atoms with Gasteiger partial charge in [0.25, 0.3) is 5.91 Å². The predicted molar refractivity (Wildman–Crippen MR) is 116 cm³/mol. The number of hydrogen-bond donors (Lipinski definition) is 0. The number of rotatable bonds is 7. The van der Waals surface area contributed by atoms with E-state index in [4.69, 9.17) is 0 Å². The fourth-order valence-electron chi connectivity index (χ4n) is 3.41. The normalized spacial score (nSPS) is 11.7. The van der Waals surface area contributed by atoms with Crippen LogP contribution in [0.2, 0.25) is 0 Å². The Labute approximate surface area is 172 Å². The van der Waals surface area contributed by atoms with E-state index in [1.54, 1.807) is 37.9 Å². The van der Waals surface area contributed by atoms with Crippen molar-refractivity contribution >= 4 is 26.7 Å². The molecule has 0 aliphatic carbocycles. The molecule has 1 amide bonds. The molecule has 0 aromatic heterocycles. The van der Waals surface area contributed by atoms with E-state index in [0.29, 0.717) is 25.2 Å². The number of carbonyl (C=O) groups excluding carboxylic acids is 1. The maximum absolute atomic E-state index is 12.9. The molecule has 0 N–H and O–H groups in total. The molecule has 0 unspecified atom stereocenters. The summed E-state index contributed by atoms with van der Waals surface area (Å²) in [5.74, 6) is -0.213. The fraction of sp³-hybridized carbons (Fsp3) is 0.261. The monoisotopic (exact) mass is 410 g/mol. The van der Waals surface area contributed by atoms with Crippen molar-refractivity contribution in [3.05, 3.63) is 77.9 Å². The molecule has 0 bridgehead atoms. The SMILES string of the molecule is CCN(CC)S(=O)(=O)c1cccc(C(=O)N(C)Cc2ccc3ccccc3c2)c1. The van der Waals surface area contributed by atoms with Crippen molar-refractivity contribution in [3.63, 3.8) is 0 Å². The number of fused-ring (bicyclic) bond motifs is 1. The van der Waals surface area contributed by atoms with Crippen molar-refractivity contribution in [2.75, 3.05) is 20.1 Å². The molecule has 6 heteroatoms. The van der Waals surface area contributed by atoms with E-state index in [1.807, 2.05) is 30.3 Å². The lowest BCUT2D eigenvalue weighted by Crippen LogP contribution is -2.31. The summed E-state index contributed by atoms with van der Waals surface area (Å²) in [6.45, 7) is 4.81. The Morgan fingerprint density at radius 3 is 2.24 bits per heavy atom. The van der Waals surface area contributed by atoms with Crippen LogP contribution in [0.4, 0.5) is 0 Å². The molecule has 29 heavy (non-hydrogen) atoms. The highest BCUT2D eigenvalue weighted by Gasteiger charge is 2.23. The second-order valence-electron chi connectivity index (χ2n) is 6.96. The second kappa shape index (κ2) is 8.76. The summed E-state index contributed by atoms with van der Waals surface area (Å²) in [7, 11) is -1.88. The first kappa shape index (κ1) is 21.0. The average Bonchev–Trinajstić information content (AvgIpc) is 2.74. The van der Waals surface area contributed by atoms with E-state index in [1.165, 1.54) is 16.4 Å². The summed E-state index contributed by atoms with van der Waals surface area (Å²) in [5, 5.41) is 2.28. The first-order valence-corrected chi connectivity index (χ1v) is 11.1. The van der Waals surface area contributed by atoms with Gasteiger partial charge in [0.1, 0.15) is 0 Å². The maximum Gasteiger partial charge on any atom is 0.253 e. The molecule has 0 atom stereocenters. The fourth-order valence-corrected chi connectivity index (χ4v) is 4.91. The zero-order valence-electron chi connectivity index (χ0n) is 17.0. The summed E-state index contributed by atoms with van der Waals surface area (Å²) >= 11 is 0. The minimum absolute atomic E-state index is 0.145.